The number of rotatable bonds is 9. The van der Waals surface area contributed by atoms with Gasteiger partial charge < -0.3 is 19.9 Å². The second kappa shape index (κ2) is 11.0. The number of carboxylic acids is 1. The summed E-state index contributed by atoms with van der Waals surface area (Å²) in [6.45, 7) is 1.44. The first-order valence-corrected chi connectivity index (χ1v) is 10.6. The number of amides is 2. The van der Waals surface area contributed by atoms with E-state index in [4.69, 9.17) is 15.9 Å². The van der Waals surface area contributed by atoms with E-state index in [1.807, 2.05) is 48.5 Å². The van der Waals surface area contributed by atoms with Crippen LogP contribution < -0.4 is 10.6 Å². The third-order valence-electron chi connectivity index (χ3n) is 5.33. The first kappa shape index (κ1) is 24.3. The summed E-state index contributed by atoms with van der Waals surface area (Å²) in [6.07, 6.45) is 3.80. The number of esters is 1. The molecule has 1 aliphatic rings. The zero-order chi connectivity index (χ0) is 24.7. The number of carbonyl (C=O) groups excluding carboxylic acids is 3. The van der Waals surface area contributed by atoms with Gasteiger partial charge in [0.1, 0.15) is 12.6 Å². The molecule has 0 spiro atoms. The number of fused-ring (bicyclic) bond motifs is 3. The van der Waals surface area contributed by atoms with Gasteiger partial charge in [-0.3, -0.25) is 10.1 Å². The number of hydrogen-bond acceptors (Lipinski definition) is 6. The molecule has 0 aliphatic heterocycles. The molecule has 1 aliphatic carbocycles. The maximum atomic E-state index is 12.6. The molecule has 9 nitrogen and oxygen atoms in total. The van der Waals surface area contributed by atoms with Gasteiger partial charge in [-0.2, -0.15) is 0 Å². The number of nitrogens with one attached hydrogen (secondary N) is 2. The van der Waals surface area contributed by atoms with E-state index in [0.717, 1.165) is 22.3 Å². The van der Waals surface area contributed by atoms with Gasteiger partial charge in [-0.25, -0.2) is 14.4 Å². The molecule has 2 aromatic carbocycles. The van der Waals surface area contributed by atoms with Crippen molar-refractivity contribution in [3.05, 3.63) is 59.7 Å². The van der Waals surface area contributed by atoms with Crippen LogP contribution >= 0.6 is 0 Å². The molecule has 176 valence electrons. The summed E-state index contributed by atoms with van der Waals surface area (Å²) in [5, 5.41) is 13.5. The number of ether oxygens (including phenoxy) is 2. The molecular formula is C25H24N2O7. The monoisotopic (exact) mass is 464 g/mol. The van der Waals surface area contributed by atoms with Gasteiger partial charge in [-0.15, -0.1) is 12.3 Å². The van der Waals surface area contributed by atoms with Crippen molar-refractivity contribution in [2.45, 2.75) is 31.3 Å². The van der Waals surface area contributed by atoms with E-state index in [0.29, 0.717) is 0 Å². The molecule has 0 aromatic heterocycles. The van der Waals surface area contributed by atoms with Crippen LogP contribution in [0.1, 0.15) is 30.4 Å². The fraction of sp³-hybridized carbons (Fsp3) is 0.280. The molecule has 0 radical (unpaired) electrons. The zero-order valence-electron chi connectivity index (χ0n) is 18.4. The van der Waals surface area contributed by atoms with E-state index >= 15 is 0 Å². The number of hydrogen-bond donors (Lipinski definition) is 3. The van der Waals surface area contributed by atoms with Crippen LogP contribution in [0.5, 0.6) is 0 Å². The minimum Gasteiger partial charge on any atom is -0.480 e. The second-order valence-corrected chi connectivity index (χ2v) is 7.46. The average Bonchev–Trinajstić information content (AvgIpc) is 3.14. The minimum absolute atomic E-state index is 0.0358. The van der Waals surface area contributed by atoms with Crippen molar-refractivity contribution < 1.29 is 33.8 Å². The smallest absolute Gasteiger partial charge is 0.408 e. The summed E-state index contributed by atoms with van der Waals surface area (Å²) >= 11 is 0. The Kier molecular flexibility index (Phi) is 7.88. The van der Waals surface area contributed by atoms with Gasteiger partial charge in [0.2, 0.25) is 6.04 Å². The number of benzene rings is 2. The quantitative estimate of drug-likeness (QED) is 0.294. The molecule has 0 saturated carbocycles. The molecule has 3 rings (SSSR count). The Balaban J connectivity index is 1.70. The van der Waals surface area contributed by atoms with Gasteiger partial charge in [-0.05, 0) is 29.2 Å². The maximum absolute atomic E-state index is 12.6. The lowest BCUT2D eigenvalue weighted by Crippen LogP contribution is -2.55. The first-order valence-electron chi connectivity index (χ1n) is 10.6. The Morgan fingerprint density at radius 3 is 2.12 bits per heavy atom. The van der Waals surface area contributed by atoms with Gasteiger partial charge in [0.15, 0.2) is 0 Å². The van der Waals surface area contributed by atoms with E-state index in [9.17, 15) is 24.3 Å². The van der Waals surface area contributed by atoms with Crippen molar-refractivity contribution in [3.8, 4) is 23.5 Å². The van der Waals surface area contributed by atoms with Crippen molar-refractivity contribution in [2.24, 2.45) is 0 Å². The van der Waals surface area contributed by atoms with E-state index in [-0.39, 0.29) is 25.6 Å². The van der Waals surface area contributed by atoms with Crippen LogP contribution in [-0.4, -0.2) is 54.3 Å². The van der Waals surface area contributed by atoms with Gasteiger partial charge >= 0.3 is 18.0 Å². The van der Waals surface area contributed by atoms with Crippen LogP contribution in [0, 0.1) is 12.3 Å². The fourth-order valence-electron chi connectivity index (χ4n) is 3.79. The van der Waals surface area contributed by atoms with Crippen LogP contribution in [0.2, 0.25) is 0 Å². The molecular weight excluding hydrogens is 440 g/mol. The molecule has 2 aromatic rings. The Morgan fingerprint density at radius 1 is 1.00 bits per heavy atom. The van der Waals surface area contributed by atoms with Crippen LogP contribution in [-0.2, 0) is 23.9 Å². The topological polar surface area (TPSA) is 131 Å². The lowest BCUT2D eigenvalue weighted by Gasteiger charge is -2.20. The van der Waals surface area contributed by atoms with Gasteiger partial charge in [-0.1, -0.05) is 48.5 Å². The molecule has 2 unspecified atom stereocenters. The molecule has 0 bridgehead atoms. The Morgan fingerprint density at radius 2 is 1.59 bits per heavy atom. The molecule has 0 heterocycles. The Labute approximate surface area is 196 Å². The number of terminal acetylenes is 1. The highest BCUT2D eigenvalue weighted by Crippen LogP contribution is 2.44. The van der Waals surface area contributed by atoms with Gasteiger partial charge in [0.05, 0.1) is 6.61 Å². The summed E-state index contributed by atoms with van der Waals surface area (Å²) in [4.78, 5) is 48.6. The maximum Gasteiger partial charge on any atom is 0.408 e. The van der Waals surface area contributed by atoms with Crippen molar-refractivity contribution in [1.29, 1.82) is 0 Å². The molecule has 0 saturated heterocycles. The van der Waals surface area contributed by atoms with Crippen molar-refractivity contribution in [3.63, 3.8) is 0 Å². The first-order chi connectivity index (χ1) is 16.4. The molecule has 0 fully saturated rings. The van der Waals surface area contributed by atoms with Crippen LogP contribution in [0.25, 0.3) is 11.1 Å². The van der Waals surface area contributed by atoms with Crippen LogP contribution in [0.3, 0.4) is 0 Å². The summed E-state index contributed by atoms with van der Waals surface area (Å²) in [7, 11) is 0. The van der Waals surface area contributed by atoms with E-state index in [1.165, 1.54) is 6.92 Å². The number of alkyl carbamates (subject to hydrolysis) is 1. The van der Waals surface area contributed by atoms with Gasteiger partial charge in [0, 0.05) is 12.3 Å². The second-order valence-electron chi connectivity index (χ2n) is 7.46. The molecule has 9 heteroatoms. The standard InChI is InChI=1S/C25H24N2O7/c1-3-9-20(23(29)30)26-22(28)21(24(31)33-4-2)27-25(32)34-14-19-17-12-7-5-10-15(17)16-11-6-8-13-18(16)19/h1,5-8,10-13,19-21H,4,9,14H2,2H3,(H,26,28)(H,27,32)(H,29,30). The minimum atomic E-state index is -1.81. The van der Waals surface area contributed by atoms with Crippen molar-refractivity contribution in [2.75, 3.05) is 13.2 Å². The van der Waals surface area contributed by atoms with E-state index < -0.39 is 36.0 Å². The third-order valence-corrected chi connectivity index (χ3v) is 5.33. The summed E-state index contributed by atoms with van der Waals surface area (Å²) in [5.74, 6) is -1.60. The highest BCUT2D eigenvalue weighted by atomic mass is 16.6. The molecule has 34 heavy (non-hydrogen) atoms. The van der Waals surface area contributed by atoms with E-state index in [1.54, 1.807) is 0 Å². The molecule has 3 N–H and O–H groups in total. The lowest BCUT2D eigenvalue weighted by atomic mass is 9.98. The van der Waals surface area contributed by atoms with Crippen molar-refractivity contribution >= 4 is 23.9 Å². The van der Waals surface area contributed by atoms with Crippen molar-refractivity contribution in [1.82, 2.24) is 10.6 Å². The molecule has 2 atom stereocenters. The fourth-order valence-corrected chi connectivity index (χ4v) is 3.79. The summed E-state index contributed by atoms with van der Waals surface area (Å²) in [5.41, 5.74) is 4.08. The van der Waals surface area contributed by atoms with Gasteiger partial charge in [0.25, 0.3) is 5.91 Å². The number of aliphatic carboxylic acids is 1. The van der Waals surface area contributed by atoms with Crippen LogP contribution in [0.15, 0.2) is 48.5 Å². The van der Waals surface area contributed by atoms with E-state index in [2.05, 4.69) is 16.6 Å². The largest absolute Gasteiger partial charge is 0.480 e. The highest BCUT2D eigenvalue weighted by molar-refractivity contribution is 6.05. The predicted molar refractivity (Wildman–Crippen MR) is 122 cm³/mol. The third kappa shape index (κ3) is 5.35. The number of carbonyl (C=O) groups is 4. The van der Waals surface area contributed by atoms with Crippen LogP contribution in [0.4, 0.5) is 4.79 Å². The predicted octanol–water partition coefficient (Wildman–Crippen LogP) is 2.05. The highest BCUT2D eigenvalue weighted by Gasteiger charge is 2.34. The summed E-state index contributed by atoms with van der Waals surface area (Å²) < 4.78 is 10.2. The number of carboxylic acid groups (broad SMARTS) is 1. The zero-order valence-corrected chi connectivity index (χ0v) is 18.4. The Bertz CT molecular complexity index is 1090. The summed E-state index contributed by atoms with van der Waals surface area (Å²) in [6, 6.07) is 12.3. The normalized spacial score (nSPS) is 13.4. The lowest BCUT2D eigenvalue weighted by molar-refractivity contribution is -0.151. The molecule has 2 amide bonds. The SMILES string of the molecule is C#CCC(NC(=O)C(NC(=O)OCC1c2ccccc2-c2ccccc21)C(=O)OCC)C(=O)O. The average molecular weight is 464 g/mol. The Hall–Kier alpha value is -4.32.